The quantitative estimate of drug-likeness (QED) is 0.160. The summed E-state index contributed by atoms with van der Waals surface area (Å²) in [5, 5.41) is 4.55. The van der Waals surface area contributed by atoms with E-state index < -0.39 is 0 Å². The van der Waals surface area contributed by atoms with Crippen molar-refractivity contribution in [2.45, 2.75) is 19.3 Å². The molecule has 3 heterocycles. The molecule has 5 heteroatoms. The van der Waals surface area contributed by atoms with Gasteiger partial charge in [-0.15, -0.1) is 0 Å². The van der Waals surface area contributed by atoms with Crippen molar-refractivity contribution in [2.24, 2.45) is 0 Å². The molecule has 0 saturated heterocycles. The van der Waals surface area contributed by atoms with Crippen molar-refractivity contribution in [1.29, 1.82) is 0 Å². The molecule has 0 spiro atoms. The summed E-state index contributed by atoms with van der Waals surface area (Å²) in [5.41, 5.74) is 19.3. The number of rotatable bonds is 7. The van der Waals surface area contributed by atoms with E-state index in [0.717, 1.165) is 88.4 Å². The minimum Gasteiger partial charge on any atom is -0.307 e. The predicted molar refractivity (Wildman–Crippen MR) is 293 cm³/mol. The fraction of sp³-hybridized carbons (Fsp3) is 0.0455. The third-order valence-electron chi connectivity index (χ3n) is 14.8. The van der Waals surface area contributed by atoms with E-state index in [0.29, 0.717) is 17.6 Å². The van der Waals surface area contributed by atoms with Gasteiger partial charge < -0.3 is 4.57 Å². The van der Waals surface area contributed by atoms with Crippen LogP contribution in [0.1, 0.15) is 25.0 Å². The number of para-hydroxylation sites is 2. The molecule has 14 rings (SSSR count). The molecule has 1 aliphatic carbocycles. The van der Waals surface area contributed by atoms with Crippen molar-refractivity contribution < 1.29 is 0 Å². The molecule has 13 aromatic rings. The molecule has 0 amide bonds. The minimum absolute atomic E-state index is 0.100. The van der Waals surface area contributed by atoms with Crippen LogP contribution in [0, 0.1) is 0 Å². The SMILES string of the molecule is CC1(C)c2ccccc2-c2cc(-c3ccc(-c4ccccc4)cc3-n3c4ccccc4c4ccc5c6ccccc6n(-c6nc(-c7ccccc7)nc(-c7ccc(-c8ccccc8)cc7)n6)c5c43)ccc21. The Hall–Kier alpha value is -9.19. The van der Waals surface area contributed by atoms with E-state index in [-0.39, 0.29) is 5.41 Å². The van der Waals surface area contributed by atoms with Crippen molar-refractivity contribution in [1.82, 2.24) is 24.1 Å². The molecule has 0 aliphatic heterocycles. The summed E-state index contributed by atoms with van der Waals surface area (Å²) >= 11 is 0. The van der Waals surface area contributed by atoms with Gasteiger partial charge in [0, 0.05) is 43.7 Å². The van der Waals surface area contributed by atoms with Gasteiger partial charge in [-0.1, -0.05) is 226 Å². The number of hydrogen-bond donors (Lipinski definition) is 0. The highest BCUT2D eigenvalue weighted by Crippen LogP contribution is 2.51. The third-order valence-corrected chi connectivity index (χ3v) is 14.8. The Labute approximate surface area is 411 Å². The molecule has 10 aromatic carbocycles. The molecule has 0 N–H and O–H groups in total. The highest BCUT2D eigenvalue weighted by atomic mass is 15.2. The lowest BCUT2D eigenvalue weighted by Gasteiger charge is -2.22. The van der Waals surface area contributed by atoms with Crippen LogP contribution in [0.3, 0.4) is 0 Å². The van der Waals surface area contributed by atoms with Gasteiger partial charge in [0.05, 0.1) is 27.8 Å². The average Bonchev–Trinajstić information content (AvgIpc) is 4.04. The Morgan fingerprint density at radius 1 is 0.310 bits per heavy atom. The molecular formula is C66H45N5. The minimum atomic E-state index is -0.100. The normalized spacial score (nSPS) is 12.8. The van der Waals surface area contributed by atoms with E-state index in [1.807, 2.05) is 24.3 Å². The molecule has 3 aromatic heterocycles. The van der Waals surface area contributed by atoms with Crippen LogP contribution in [-0.2, 0) is 5.41 Å². The second kappa shape index (κ2) is 15.9. The van der Waals surface area contributed by atoms with E-state index in [1.165, 1.54) is 27.6 Å². The van der Waals surface area contributed by atoms with Crippen LogP contribution < -0.4 is 0 Å². The Morgan fingerprint density at radius 3 is 1.44 bits per heavy atom. The van der Waals surface area contributed by atoms with Crippen molar-refractivity contribution in [3.05, 3.63) is 248 Å². The van der Waals surface area contributed by atoms with E-state index in [1.54, 1.807) is 0 Å². The summed E-state index contributed by atoms with van der Waals surface area (Å²) in [4.78, 5) is 16.1. The van der Waals surface area contributed by atoms with Crippen molar-refractivity contribution in [2.75, 3.05) is 0 Å². The fourth-order valence-corrected chi connectivity index (χ4v) is 11.4. The molecule has 0 radical (unpaired) electrons. The zero-order valence-corrected chi connectivity index (χ0v) is 39.3. The van der Waals surface area contributed by atoms with E-state index in [9.17, 15) is 0 Å². The van der Waals surface area contributed by atoms with Crippen molar-refractivity contribution in [3.63, 3.8) is 0 Å². The van der Waals surface area contributed by atoms with Gasteiger partial charge in [-0.2, -0.15) is 9.97 Å². The lowest BCUT2D eigenvalue weighted by molar-refractivity contribution is 0.660. The number of hydrogen-bond acceptors (Lipinski definition) is 3. The summed E-state index contributed by atoms with van der Waals surface area (Å²) in [6.45, 7) is 4.69. The monoisotopic (exact) mass is 907 g/mol. The average molecular weight is 908 g/mol. The van der Waals surface area contributed by atoms with Gasteiger partial charge in [0.1, 0.15) is 0 Å². The first-order chi connectivity index (χ1) is 35.0. The summed E-state index contributed by atoms with van der Waals surface area (Å²) in [6.07, 6.45) is 0. The van der Waals surface area contributed by atoms with Crippen LogP contribution in [0.15, 0.2) is 237 Å². The molecule has 0 atom stereocenters. The summed E-state index contributed by atoms with van der Waals surface area (Å²) < 4.78 is 4.80. The second-order valence-corrected chi connectivity index (χ2v) is 19.2. The number of fused-ring (bicyclic) bond motifs is 10. The van der Waals surface area contributed by atoms with E-state index in [2.05, 4.69) is 235 Å². The van der Waals surface area contributed by atoms with Crippen LogP contribution in [0.25, 0.3) is 123 Å². The summed E-state index contributed by atoms with van der Waals surface area (Å²) in [5.74, 6) is 1.76. The molecule has 71 heavy (non-hydrogen) atoms. The maximum absolute atomic E-state index is 5.45. The topological polar surface area (TPSA) is 48.5 Å². The fourth-order valence-electron chi connectivity index (χ4n) is 11.4. The molecule has 0 fully saturated rings. The highest BCUT2D eigenvalue weighted by molar-refractivity contribution is 6.24. The van der Waals surface area contributed by atoms with Crippen LogP contribution in [-0.4, -0.2) is 24.1 Å². The highest BCUT2D eigenvalue weighted by Gasteiger charge is 2.35. The molecule has 0 unspecified atom stereocenters. The predicted octanol–water partition coefficient (Wildman–Crippen LogP) is 16.7. The number of benzene rings is 10. The van der Waals surface area contributed by atoms with Crippen LogP contribution >= 0.6 is 0 Å². The first-order valence-electron chi connectivity index (χ1n) is 24.4. The summed E-state index contributed by atoms with van der Waals surface area (Å²) in [7, 11) is 0. The van der Waals surface area contributed by atoms with Gasteiger partial charge in [0.2, 0.25) is 5.95 Å². The molecule has 0 saturated carbocycles. The smallest absolute Gasteiger partial charge is 0.238 e. The molecule has 0 bridgehead atoms. The molecule has 1 aliphatic rings. The largest absolute Gasteiger partial charge is 0.307 e. The van der Waals surface area contributed by atoms with Gasteiger partial charge in [-0.3, -0.25) is 4.57 Å². The molecular weight excluding hydrogens is 863 g/mol. The van der Waals surface area contributed by atoms with E-state index in [4.69, 9.17) is 15.0 Å². The first kappa shape index (κ1) is 40.8. The van der Waals surface area contributed by atoms with Gasteiger partial charge in [0.25, 0.3) is 0 Å². The zero-order valence-electron chi connectivity index (χ0n) is 39.3. The Bertz CT molecular complexity index is 4220. The Morgan fingerprint density at radius 2 is 0.775 bits per heavy atom. The lowest BCUT2D eigenvalue weighted by Crippen LogP contribution is -2.14. The molecule has 5 nitrogen and oxygen atoms in total. The summed E-state index contributed by atoms with van der Waals surface area (Å²) in [6, 6.07) is 85.1. The van der Waals surface area contributed by atoms with Crippen LogP contribution in [0.5, 0.6) is 0 Å². The first-order valence-corrected chi connectivity index (χ1v) is 24.4. The maximum atomic E-state index is 5.45. The third kappa shape index (κ3) is 6.43. The number of nitrogens with zero attached hydrogens (tertiary/aromatic N) is 5. The number of aromatic nitrogens is 5. The second-order valence-electron chi connectivity index (χ2n) is 19.2. The van der Waals surface area contributed by atoms with Gasteiger partial charge in [0.15, 0.2) is 11.6 Å². The van der Waals surface area contributed by atoms with E-state index >= 15 is 0 Å². The van der Waals surface area contributed by atoms with Crippen molar-refractivity contribution >= 4 is 43.6 Å². The standard InChI is InChI=1S/C66H45N5/c1-66(2)56-27-15-12-24-50(56)55-40-48(35-39-57(55)66)49-36-34-47(43-20-8-4-9-21-43)41-60(49)70-58-28-16-13-25-51(58)53-37-38-54-52-26-14-17-29-59(52)71(62(54)61(53)70)65-68-63(45-22-10-5-11-23-45)67-64(69-65)46-32-30-44(31-33-46)42-18-6-3-7-19-42/h3-41H,1-2H3. The zero-order chi connectivity index (χ0) is 47.2. The Kier molecular flexibility index (Phi) is 9.17. The van der Waals surface area contributed by atoms with Gasteiger partial charge >= 0.3 is 0 Å². The maximum Gasteiger partial charge on any atom is 0.238 e. The lowest BCUT2D eigenvalue weighted by atomic mass is 9.82. The van der Waals surface area contributed by atoms with Gasteiger partial charge in [-0.25, -0.2) is 4.98 Å². The Balaban J connectivity index is 1.08. The molecule has 334 valence electrons. The van der Waals surface area contributed by atoms with Gasteiger partial charge in [-0.05, 0) is 74.3 Å². The van der Waals surface area contributed by atoms with Crippen LogP contribution in [0.2, 0.25) is 0 Å². The van der Waals surface area contributed by atoms with Crippen molar-refractivity contribution in [3.8, 4) is 78.9 Å². The van der Waals surface area contributed by atoms with Crippen LogP contribution in [0.4, 0.5) is 0 Å².